The second-order valence-corrected chi connectivity index (χ2v) is 4.54. The SMILES string of the molecule is Cn1cc(CCOCC2CCNCC2)cn1. The Morgan fingerprint density at radius 2 is 2.31 bits per heavy atom. The summed E-state index contributed by atoms with van der Waals surface area (Å²) in [5, 5.41) is 7.51. The molecule has 0 amide bonds. The molecular weight excluding hydrogens is 202 g/mol. The van der Waals surface area contributed by atoms with Crippen LogP contribution < -0.4 is 5.32 Å². The Morgan fingerprint density at radius 1 is 1.50 bits per heavy atom. The van der Waals surface area contributed by atoms with E-state index in [2.05, 4.69) is 10.4 Å². The van der Waals surface area contributed by atoms with Gasteiger partial charge in [-0.3, -0.25) is 4.68 Å². The van der Waals surface area contributed by atoms with Crippen molar-refractivity contribution in [1.29, 1.82) is 0 Å². The van der Waals surface area contributed by atoms with Crippen molar-refractivity contribution in [1.82, 2.24) is 15.1 Å². The van der Waals surface area contributed by atoms with Gasteiger partial charge in [0.25, 0.3) is 0 Å². The molecule has 0 spiro atoms. The first-order valence-corrected chi connectivity index (χ1v) is 6.10. The Hall–Kier alpha value is -0.870. The summed E-state index contributed by atoms with van der Waals surface area (Å²) in [6, 6.07) is 0. The molecule has 0 unspecified atom stereocenters. The fourth-order valence-corrected chi connectivity index (χ4v) is 2.09. The minimum absolute atomic E-state index is 0.759. The highest BCUT2D eigenvalue weighted by Crippen LogP contribution is 2.11. The molecule has 1 aromatic rings. The lowest BCUT2D eigenvalue weighted by molar-refractivity contribution is 0.0901. The van der Waals surface area contributed by atoms with Crippen LogP contribution in [0.3, 0.4) is 0 Å². The monoisotopic (exact) mass is 223 g/mol. The van der Waals surface area contributed by atoms with Crippen molar-refractivity contribution in [3.05, 3.63) is 18.0 Å². The molecule has 1 aliphatic heterocycles. The number of piperidine rings is 1. The number of ether oxygens (including phenoxy) is 1. The predicted octanol–water partition coefficient (Wildman–Crippen LogP) is 0.979. The molecule has 0 radical (unpaired) electrons. The summed E-state index contributed by atoms with van der Waals surface area (Å²) in [6.45, 7) is 4.03. The average Bonchev–Trinajstić information content (AvgIpc) is 2.72. The highest BCUT2D eigenvalue weighted by Gasteiger charge is 2.12. The highest BCUT2D eigenvalue weighted by molar-refractivity contribution is 5.03. The zero-order chi connectivity index (χ0) is 11.2. The van der Waals surface area contributed by atoms with Gasteiger partial charge in [-0.1, -0.05) is 0 Å². The number of aryl methyl sites for hydroxylation is 1. The van der Waals surface area contributed by atoms with Crippen molar-refractivity contribution in [3.63, 3.8) is 0 Å². The molecule has 1 N–H and O–H groups in total. The van der Waals surface area contributed by atoms with Crippen molar-refractivity contribution in [2.75, 3.05) is 26.3 Å². The molecule has 0 aliphatic carbocycles. The van der Waals surface area contributed by atoms with E-state index < -0.39 is 0 Å². The van der Waals surface area contributed by atoms with E-state index in [0.717, 1.165) is 38.6 Å². The average molecular weight is 223 g/mol. The van der Waals surface area contributed by atoms with Crippen LogP contribution in [0.25, 0.3) is 0 Å². The van der Waals surface area contributed by atoms with Crippen LogP contribution in [0.15, 0.2) is 12.4 Å². The molecule has 16 heavy (non-hydrogen) atoms. The summed E-state index contributed by atoms with van der Waals surface area (Å²) in [7, 11) is 1.94. The Balaban J connectivity index is 1.57. The van der Waals surface area contributed by atoms with Gasteiger partial charge in [0, 0.05) is 19.9 Å². The number of rotatable bonds is 5. The second-order valence-electron chi connectivity index (χ2n) is 4.54. The van der Waals surface area contributed by atoms with E-state index in [1.165, 1.54) is 18.4 Å². The van der Waals surface area contributed by atoms with Gasteiger partial charge < -0.3 is 10.1 Å². The first-order chi connectivity index (χ1) is 7.84. The summed E-state index contributed by atoms with van der Waals surface area (Å²) in [5.41, 5.74) is 1.26. The third-order valence-corrected chi connectivity index (χ3v) is 3.11. The van der Waals surface area contributed by atoms with E-state index in [1.54, 1.807) is 0 Å². The standard InChI is InChI=1S/C12H21N3O/c1-15-9-12(8-14-15)4-7-16-10-11-2-5-13-6-3-11/h8-9,11,13H,2-7,10H2,1H3. The van der Waals surface area contributed by atoms with Gasteiger partial charge >= 0.3 is 0 Å². The first kappa shape index (κ1) is 11.6. The molecule has 1 aromatic heterocycles. The van der Waals surface area contributed by atoms with E-state index in [4.69, 9.17) is 4.74 Å². The van der Waals surface area contributed by atoms with Gasteiger partial charge in [0.1, 0.15) is 0 Å². The van der Waals surface area contributed by atoms with Gasteiger partial charge in [0.2, 0.25) is 0 Å². The minimum Gasteiger partial charge on any atom is -0.381 e. The van der Waals surface area contributed by atoms with E-state index in [1.807, 2.05) is 24.1 Å². The van der Waals surface area contributed by atoms with Crippen LogP contribution in [-0.2, 0) is 18.2 Å². The lowest BCUT2D eigenvalue weighted by Gasteiger charge is -2.22. The maximum atomic E-state index is 5.72. The maximum absolute atomic E-state index is 5.72. The summed E-state index contributed by atoms with van der Waals surface area (Å²) < 4.78 is 7.56. The van der Waals surface area contributed by atoms with Crippen LogP contribution in [0.1, 0.15) is 18.4 Å². The lowest BCUT2D eigenvalue weighted by Crippen LogP contribution is -2.30. The molecule has 4 heteroatoms. The number of hydrogen-bond acceptors (Lipinski definition) is 3. The van der Waals surface area contributed by atoms with E-state index in [9.17, 15) is 0 Å². The van der Waals surface area contributed by atoms with Gasteiger partial charge in [0.05, 0.1) is 12.8 Å². The molecule has 2 rings (SSSR count). The third-order valence-electron chi connectivity index (χ3n) is 3.11. The Labute approximate surface area is 97.0 Å². The lowest BCUT2D eigenvalue weighted by atomic mass is 9.99. The van der Waals surface area contributed by atoms with E-state index in [-0.39, 0.29) is 0 Å². The molecule has 0 atom stereocenters. The zero-order valence-corrected chi connectivity index (χ0v) is 9.98. The zero-order valence-electron chi connectivity index (χ0n) is 9.98. The van der Waals surface area contributed by atoms with Crippen molar-refractivity contribution < 1.29 is 4.74 Å². The molecule has 1 saturated heterocycles. The van der Waals surface area contributed by atoms with Crippen LogP contribution >= 0.6 is 0 Å². The van der Waals surface area contributed by atoms with Crippen molar-refractivity contribution in [3.8, 4) is 0 Å². The van der Waals surface area contributed by atoms with E-state index in [0.29, 0.717) is 0 Å². The van der Waals surface area contributed by atoms with Crippen LogP contribution in [0.5, 0.6) is 0 Å². The van der Waals surface area contributed by atoms with E-state index >= 15 is 0 Å². The highest BCUT2D eigenvalue weighted by atomic mass is 16.5. The first-order valence-electron chi connectivity index (χ1n) is 6.10. The Kier molecular flexibility index (Phi) is 4.36. The topological polar surface area (TPSA) is 39.1 Å². The molecule has 4 nitrogen and oxygen atoms in total. The fourth-order valence-electron chi connectivity index (χ4n) is 2.09. The number of nitrogens with one attached hydrogen (secondary N) is 1. The number of aromatic nitrogens is 2. The molecule has 1 aliphatic rings. The fraction of sp³-hybridized carbons (Fsp3) is 0.750. The molecule has 0 bridgehead atoms. The van der Waals surface area contributed by atoms with Crippen molar-refractivity contribution in [2.24, 2.45) is 13.0 Å². The van der Waals surface area contributed by atoms with Crippen LogP contribution in [0.2, 0.25) is 0 Å². The van der Waals surface area contributed by atoms with Gasteiger partial charge in [-0.2, -0.15) is 5.10 Å². The molecule has 90 valence electrons. The maximum Gasteiger partial charge on any atom is 0.0522 e. The van der Waals surface area contributed by atoms with Gasteiger partial charge in [-0.05, 0) is 43.8 Å². The third kappa shape index (κ3) is 3.61. The Bertz CT molecular complexity index is 305. The molecular formula is C12H21N3O. The van der Waals surface area contributed by atoms with Gasteiger partial charge in [-0.25, -0.2) is 0 Å². The quantitative estimate of drug-likeness (QED) is 0.756. The smallest absolute Gasteiger partial charge is 0.0522 e. The minimum atomic E-state index is 0.759. The van der Waals surface area contributed by atoms with Crippen molar-refractivity contribution in [2.45, 2.75) is 19.3 Å². The van der Waals surface area contributed by atoms with Crippen LogP contribution in [0, 0.1) is 5.92 Å². The second kappa shape index (κ2) is 6.01. The summed E-state index contributed by atoms with van der Waals surface area (Å²) >= 11 is 0. The molecule has 0 saturated carbocycles. The largest absolute Gasteiger partial charge is 0.381 e. The van der Waals surface area contributed by atoms with Crippen molar-refractivity contribution >= 4 is 0 Å². The summed E-state index contributed by atoms with van der Waals surface area (Å²) in [5.74, 6) is 0.759. The van der Waals surface area contributed by atoms with Gasteiger partial charge in [-0.15, -0.1) is 0 Å². The summed E-state index contributed by atoms with van der Waals surface area (Å²) in [6.07, 6.45) is 7.44. The Morgan fingerprint density at radius 3 is 3.00 bits per heavy atom. The number of nitrogens with zero attached hydrogens (tertiary/aromatic N) is 2. The molecule has 2 heterocycles. The normalized spacial score (nSPS) is 17.8. The summed E-state index contributed by atoms with van der Waals surface area (Å²) in [4.78, 5) is 0. The van der Waals surface area contributed by atoms with Crippen LogP contribution in [0.4, 0.5) is 0 Å². The number of hydrogen-bond donors (Lipinski definition) is 1. The van der Waals surface area contributed by atoms with Gasteiger partial charge in [0.15, 0.2) is 0 Å². The molecule has 0 aromatic carbocycles. The predicted molar refractivity (Wildman–Crippen MR) is 63.3 cm³/mol. The van der Waals surface area contributed by atoms with Crippen LogP contribution in [-0.4, -0.2) is 36.1 Å². The molecule has 1 fully saturated rings.